The molecule has 1 rings (SSSR count). The van der Waals surface area contributed by atoms with Crippen LogP contribution in [0.2, 0.25) is 5.15 Å². The fraction of sp³-hybridized carbons (Fsp3) is 0.444. The number of carbonyl (C=O) groups excluding carboxylic acids is 1. The molecule has 0 saturated carbocycles. The second kappa shape index (κ2) is 5.50. The van der Waals surface area contributed by atoms with E-state index < -0.39 is 0 Å². The van der Waals surface area contributed by atoms with E-state index in [1.165, 1.54) is 6.20 Å². The predicted octanol–water partition coefficient (Wildman–Crippen LogP) is 1.13. The van der Waals surface area contributed by atoms with Gasteiger partial charge in [-0.1, -0.05) is 11.6 Å². The number of ether oxygens (including phenoxy) is 1. The first-order valence-corrected chi connectivity index (χ1v) is 4.86. The number of likely N-dealkylation sites (N-methyl/N-ethyl adjacent to an activating group) is 1. The molecule has 0 N–H and O–H groups in total. The first kappa shape index (κ1) is 11.7. The minimum absolute atomic E-state index is 0.105. The lowest BCUT2D eigenvalue weighted by molar-refractivity contribution is -0.141. The van der Waals surface area contributed by atoms with Gasteiger partial charge in [-0.15, -0.1) is 0 Å². The summed E-state index contributed by atoms with van der Waals surface area (Å²) in [7, 11) is 1.70. The Bertz CT molecular complexity index is 346. The fourth-order valence-electron chi connectivity index (χ4n) is 0.982. The molecular weight excluding hydrogens is 218 g/mol. The summed E-state index contributed by atoms with van der Waals surface area (Å²) in [5.74, 6) is 0.0825. The molecule has 15 heavy (non-hydrogen) atoms. The lowest BCUT2D eigenvalue weighted by Gasteiger charge is -2.15. The molecule has 5 nitrogen and oxygen atoms in total. The van der Waals surface area contributed by atoms with Gasteiger partial charge in [0.25, 0.3) is 0 Å². The summed E-state index contributed by atoms with van der Waals surface area (Å²) in [6.07, 6.45) is 1.53. The SMILES string of the molecule is CCOC(=O)CN(C)c1nccc(Cl)n1. The maximum atomic E-state index is 11.2. The number of halogens is 1. The van der Waals surface area contributed by atoms with Crippen molar-refractivity contribution in [2.45, 2.75) is 6.92 Å². The number of anilines is 1. The van der Waals surface area contributed by atoms with Crippen LogP contribution in [0.3, 0.4) is 0 Å². The zero-order valence-corrected chi connectivity index (χ0v) is 9.36. The Labute approximate surface area is 93.0 Å². The molecule has 6 heteroatoms. The van der Waals surface area contributed by atoms with Crippen LogP contribution >= 0.6 is 11.6 Å². The highest BCUT2D eigenvalue weighted by atomic mass is 35.5. The van der Waals surface area contributed by atoms with E-state index in [0.29, 0.717) is 17.7 Å². The van der Waals surface area contributed by atoms with Crippen LogP contribution in [0.15, 0.2) is 12.3 Å². The van der Waals surface area contributed by atoms with Crippen LogP contribution in [0, 0.1) is 0 Å². The lowest BCUT2D eigenvalue weighted by atomic mass is 10.5. The summed E-state index contributed by atoms with van der Waals surface area (Å²) in [5.41, 5.74) is 0. The van der Waals surface area contributed by atoms with Crippen LogP contribution in [0.25, 0.3) is 0 Å². The molecule has 0 fully saturated rings. The summed E-state index contributed by atoms with van der Waals surface area (Å²) in [5, 5.41) is 0.343. The van der Waals surface area contributed by atoms with Gasteiger partial charge in [0.05, 0.1) is 6.61 Å². The van der Waals surface area contributed by atoms with Crippen molar-refractivity contribution < 1.29 is 9.53 Å². The highest BCUT2D eigenvalue weighted by Gasteiger charge is 2.10. The van der Waals surface area contributed by atoms with E-state index >= 15 is 0 Å². The van der Waals surface area contributed by atoms with Crippen LogP contribution in [0.4, 0.5) is 5.95 Å². The van der Waals surface area contributed by atoms with Crippen LogP contribution in [-0.4, -0.2) is 36.1 Å². The number of hydrogen-bond donors (Lipinski definition) is 0. The van der Waals surface area contributed by atoms with E-state index in [9.17, 15) is 4.79 Å². The second-order valence-corrected chi connectivity index (χ2v) is 3.23. The highest BCUT2D eigenvalue weighted by Crippen LogP contribution is 2.08. The van der Waals surface area contributed by atoms with E-state index in [2.05, 4.69) is 9.97 Å². The Hall–Kier alpha value is -1.36. The number of rotatable bonds is 4. The molecule has 0 aliphatic heterocycles. The molecule has 0 aliphatic rings. The molecule has 0 radical (unpaired) electrons. The maximum absolute atomic E-state index is 11.2. The van der Waals surface area contributed by atoms with Crippen LogP contribution in [0.5, 0.6) is 0 Å². The summed E-state index contributed by atoms with van der Waals surface area (Å²) < 4.78 is 4.80. The zero-order chi connectivity index (χ0) is 11.3. The first-order valence-electron chi connectivity index (χ1n) is 4.48. The van der Waals surface area contributed by atoms with Crippen molar-refractivity contribution >= 4 is 23.5 Å². The molecule has 0 aliphatic carbocycles. The topological polar surface area (TPSA) is 55.3 Å². The monoisotopic (exact) mass is 229 g/mol. The third-order valence-corrected chi connectivity index (χ3v) is 1.83. The van der Waals surface area contributed by atoms with E-state index in [4.69, 9.17) is 16.3 Å². The van der Waals surface area contributed by atoms with Crippen LogP contribution in [-0.2, 0) is 9.53 Å². The summed E-state index contributed by atoms with van der Waals surface area (Å²) in [6, 6.07) is 1.57. The third-order valence-electron chi connectivity index (χ3n) is 1.62. The minimum atomic E-state index is -0.316. The normalized spacial score (nSPS) is 9.80. The third kappa shape index (κ3) is 3.71. The van der Waals surface area contributed by atoms with Gasteiger partial charge in [0.1, 0.15) is 11.7 Å². The molecule has 0 bridgehead atoms. The van der Waals surface area contributed by atoms with Crippen molar-refractivity contribution in [3.8, 4) is 0 Å². The molecule has 0 spiro atoms. The molecule has 1 heterocycles. The number of esters is 1. The maximum Gasteiger partial charge on any atom is 0.325 e. The summed E-state index contributed by atoms with van der Waals surface area (Å²) in [4.78, 5) is 20.7. The van der Waals surface area contributed by atoms with Gasteiger partial charge in [0.2, 0.25) is 5.95 Å². The number of nitrogens with zero attached hydrogens (tertiary/aromatic N) is 3. The summed E-state index contributed by atoms with van der Waals surface area (Å²) >= 11 is 5.69. The number of hydrogen-bond acceptors (Lipinski definition) is 5. The highest BCUT2D eigenvalue weighted by molar-refractivity contribution is 6.29. The molecule has 0 aromatic carbocycles. The lowest BCUT2D eigenvalue weighted by Crippen LogP contribution is -2.28. The van der Waals surface area contributed by atoms with E-state index in [0.717, 1.165) is 0 Å². The average molecular weight is 230 g/mol. The molecule has 0 saturated heterocycles. The molecule has 0 unspecified atom stereocenters. The molecule has 0 atom stereocenters. The second-order valence-electron chi connectivity index (χ2n) is 2.84. The Morgan fingerprint density at radius 2 is 2.40 bits per heavy atom. The van der Waals surface area contributed by atoms with Crippen molar-refractivity contribution in [2.24, 2.45) is 0 Å². The zero-order valence-electron chi connectivity index (χ0n) is 8.61. The Kier molecular flexibility index (Phi) is 4.30. The largest absolute Gasteiger partial charge is 0.465 e. The molecule has 1 aromatic rings. The Morgan fingerprint density at radius 3 is 3.00 bits per heavy atom. The van der Waals surface area contributed by atoms with Gasteiger partial charge in [-0.2, -0.15) is 0 Å². The quantitative estimate of drug-likeness (QED) is 0.572. The molecule has 82 valence electrons. The van der Waals surface area contributed by atoms with Crippen molar-refractivity contribution in [3.63, 3.8) is 0 Å². The molecule has 1 aromatic heterocycles. The van der Waals surface area contributed by atoms with Crippen LogP contribution in [0.1, 0.15) is 6.92 Å². The predicted molar refractivity (Wildman–Crippen MR) is 56.9 cm³/mol. The van der Waals surface area contributed by atoms with E-state index in [1.54, 1.807) is 24.9 Å². The molecule has 0 amide bonds. The standard InChI is InChI=1S/C9H12ClN3O2/c1-3-15-8(14)6-13(2)9-11-5-4-7(10)12-9/h4-5H,3,6H2,1-2H3. The Balaban J connectivity index is 2.60. The van der Waals surface area contributed by atoms with Gasteiger partial charge in [-0.05, 0) is 13.0 Å². The average Bonchev–Trinajstić information content (AvgIpc) is 2.18. The van der Waals surface area contributed by atoms with Gasteiger partial charge in [0.15, 0.2) is 0 Å². The molecular formula is C9H12ClN3O2. The van der Waals surface area contributed by atoms with Gasteiger partial charge in [-0.3, -0.25) is 4.79 Å². The van der Waals surface area contributed by atoms with E-state index in [-0.39, 0.29) is 12.5 Å². The number of carbonyl (C=O) groups is 1. The van der Waals surface area contributed by atoms with Crippen molar-refractivity contribution in [1.29, 1.82) is 0 Å². The van der Waals surface area contributed by atoms with Gasteiger partial charge >= 0.3 is 5.97 Å². The van der Waals surface area contributed by atoms with E-state index in [1.807, 2.05) is 0 Å². The fourth-order valence-corrected chi connectivity index (χ4v) is 1.11. The van der Waals surface area contributed by atoms with Crippen LogP contribution < -0.4 is 4.90 Å². The van der Waals surface area contributed by atoms with Gasteiger partial charge in [0, 0.05) is 13.2 Å². The van der Waals surface area contributed by atoms with Gasteiger partial charge in [-0.25, -0.2) is 9.97 Å². The Morgan fingerprint density at radius 1 is 1.67 bits per heavy atom. The van der Waals surface area contributed by atoms with Crippen molar-refractivity contribution in [3.05, 3.63) is 17.4 Å². The minimum Gasteiger partial charge on any atom is -0.465 e. The number of aromatic nitrogens is 2. The summed E-state index contributed by atoms with van der Waals surface area (Å²) in [6.45, 7) is 2.23. The van der Waals surface area contributed by atoms with Crippen molar-refractivity contribution in [1.82, 2.24) is 9.97 Å². The van der Waals surface area contributed by atoms with Gasteiger partial charge < -0.3 is 9.64 Å². The smallest absolute Gasteiger partial charge is 0.325 e. The van der Waals surface area contributed by atoms with Crippen molar-refractivity contribution in [2.75, 3.05) is 25.1 Å². The first-order chi connectivity index (χ1) is 7.13.